The Morgan fingerprint density at radius 3 is 2.91 bits per heavy atom. The lowest BCUT2D eigenvalue weighted by Crippen LogP contribution is -2.18. The molecule has 1 fully saturated rings. The van der Waals surface area contributed by atoms with Gasteiger partial charge in [0, 0.05) is 5.92 Å². The summed E-state index contributed by atoms with van der Waals surface area (Å²) in [4.78, 5) is 15.5. The van der Waals surface area contributed by atoms with E-state index in [4.69, 9.17) is 16.6 Å². The van der Waals surface area contributed by atoms with E-state index in [9.17, 15) is 4.79 Å². The summed E-state index contributed by atoms with van der Waals surface area (Å²) in [6.07, 6.45) is 2.69. The smallest absolute Gasteiger partial charge is 0.282 e. The normalized spacial score (nSPS) is 20.4. The molecule has 0 spiro atoms. The molecule has 1 saturated carbocycles. The molecular weight excluding hydrogens is 310 g/mol. The summed E-state index contributed by atoms with van der Waals surface area (Å²) in [6.45, 7) is 2.20. The lowest BCUT2D eigenvalue weighted by molar-refractivity contribution is 0.500. The van der Waals surface area contributed by atoms with Crippen molar-refractivity contribution < 1.29 is 4.42 Å². The topological polar surface area (TPSA) is 63.3 Å². The highest BCUT2D eigenvalue weighted by molar-refractivity contribution is 7.71. The highest BCUT2D eigenvalue weighted by Crippen LogP contribution is 2.47. The molecule has 2 atom stereocenters. The number of fused-ring (bicyclic) bond motifs is 1. The molecule has 116 valence electrons. The standard InChI is InChI=1S/C17H15N3O2S/c1-10-8-13(10)15-7-6-11(22-15)9-18-20-16(21)12-4-2-3-5-14(12)19-17(20)23/h2-7,9-10,13H,8H2,1H3,(H,19,23)/b18-9-/t10-,13+/m1/s1. The molecule has 1 aliphatic carbocycles. The van der Waals surface area contributed by atoms with Gasteiger partial charge in [0.25, 0.3) is 5.56 Å². The lowest BCUT2D eigenvalue weighted by atomic mass is 10.2. The van der Waals surface area contributed by atoms with E-state index in [1.807, 2.05) is 30.3 Å². The first-order chi connectivity index (χ1) is 11.1. The maximum absolute atomic E-state index is 12.5. The minimum atomic E-state index is -0.247. The van der Waals surface area contributed by atoms with Gasteiger partial charge in [0.05, 0.1) is 17.1 Å². The number of aromatic nitrogens is 2. The predicted molar refractivity (Wildman–Crippen MR) is 91.6 cm³/mol. The first-order valence-electron chi connectivity index (χ1n) is 7.51. The van der Waals surface area contributed by atoms with Crippen molar-refractivity contribution >= 4 is 29.3 Å². The molecule has 5 nitrogen and oxygen atoms in total. The number of hydrogen-bond acceptors (Lipinski definition) is 4. The van der Waals surface area contributed by atoms with E-state index < -0.39 is 0 Å². The van der Waals surface area contributed by atoms with Crippen LogP contribution in [0.1, 0.15) is 30.8 Å². The van der Waals surface area contributed by atoms with E-state index in [1.165, 1.54) is 17.3 Å². The third kappa shape index (κ3) is 2.55. The Morgan fingerprint density at radius 1 is 1.35 bits per heavy atom. The first kappa shape index (κ1) is 14.1. The maximum Gasteiger partial charge on any atom is 0.282 e. The molecule has 3 aromatic rings. The molecule has 0 saturated heterocycles. The average molecular weight is 325 g/mol. The molecule has 2 heterocycles. The number of nitrogens with one attached hydrogen (secondary N) is 1. The molecule has 0 radical (unpaired) electrons. The van der Waals surface area contributed by atoms with Crippen LogP contribution < -0.4 is 5.56 Å². The molecule has 1 N–H and O–H groups in total. The largest absolute Gasteiger partial charge is 0.460 e. The van der Waals surface area contributed by atoms with Crippen LogP contribution in [0.2, 0.25) is 0 Å². The molecule has 0 unspecified atom stereocenters. The quantitative estimate of drug-likeness (QED) is 0.590. The van der Waals surface area contributed by atoms with E-state index >= 15 is 0 Å². The zero-order valence-electron chi connectivity index (χ0n) is 12.5. The fraction of sp³-hybridized carbons (Fsp3) is 0.235. The summed E-state index contributed by atoms with van der Waals surface area (Å²) < 4.78 is 7.20. The van der Waals surface area contributed by atoms with Crippen molar-refractivity contribution in [3.63, 3.8) is 0 Å². The molecule has 4 rings (SSSR count). The summed E-state index contributed by atoms with van der Waals surface area (Å²) in [7, 11) is 0. The van der Waals surface area contributed by atoms with Gasteiger partial charge in [-0.1, -0.05) is 19.1 Å². The van der Waals surface area contributed by atoms with Crippen LogP contribution in [-0.2, 0) is 0 Å². The van der Waals surface area contributed by atoms with Crippen LogP contribution in [0.15, 0.2) is 50.7 Å². The van der Waals surface area contributed by atoms with Crippen molar-refractivity contribution in [1.82, 2.24) is 9.66 Å². The van der Waals surface area contributed by atoms with Crippen molar-refractivity contribution in [3.8, 4) is 0 Å². The van der Waals surface area contributed by atoms with Crippen LogP contribution >= 0.6 is 12.2 Å². The Bertz CT molecular complexity index is 1030. The molecule has 6 heteroatoms. The van der Waals surface area contributed by atoms with Gasteiger partial charge >= 0.3 is 0 Å². The number of benzene rings is 1. The van der Waals surface area contributed by atoms with E-state index in [1.54, 1.807) is 6.07 Å². The van der Waals surface area contributed by atoms with Crippen molar-refractivity contribution in [2.24, 2.45) is 11.0 Å². The van der Waals surface area contributed by atoms with Gasteiger partial charge < -0.3 is 9.40 Å². The van der Waals surface area contributed by atoms with E-state index in [-0.39, 0.29) is 10.3 Å². The van der Waals surface area contributed by atoms with Gasteiger partial charge in [0.1, 0.15) is 11.5 Å². The molecule has 0 amide bonds. The van der Waals surface area contributed by atoms with Gasteiger partial charge in [-0.15, -0.1) is 0 Å². The Balaban J connectivity index is 1.71. The van der Waals surface area contributed by atoms with Gasteiger partial charge in [-0.3, -0.25) is 4.79 Å². The monoisotopic (exact) mass is 325 g/mol. The summed E-state index contributed by atoms with van der Waals surface area (Å²) in [5.74, 6) is 2.80. The molecular formula is C17H15N3O2S. The number of para-hydroxylation sites is 1. The van der Waals surface area contributed by atoms with Crippen molar-refractivity contribution in [2.75, 3.05) is 0 Å². The zero-order chi connectivity index (χ0) is 16.0. The number of hydrogen-bond donors (Lipinski definition) is 1. The zero-order valence-corrected chi connectivity index (χ0v) is 13.3. The van der Waals surface area contributed by atoms with E-state index in [0.717, 1.165) is 5.76 Å². The summed E-state index contributed by atoms with van der Waals surface area (Å²) in [6, 6.07) is 11.1. The van der Waals surface area contributed by atoms with Gasteiger partial charge in [-0.05, 0) is 48.8 Å². The fourth-order valence-corrected chi connectivity index (χ4v) is 2.97. The van der Waals surface area contributed by atoms with Crippen LogP contribution in [-0.4, -0.2) is 15.9 Å². The third-order valence-electron chi connectivity index (χ3n) is 4.21. The number of aromatic amines is 1. The lowest BCUT2D eigenvalue weighted by Gasteiger charge is -2.01. The van der Waals surface area contributed by atoms with Gasteiger partial charge in [-0.2, -0.15) is 9.78 Å². The third-order valence-corrected chi connectivity index (χ3v) is 4.48. The maximum atomic E-state index is 12.5. The first-order valence-corrected chi connectivity index (χ1v) is 7.92. The SMILES string of the molecule is C[C@@H]1C[C@@H]1c1ccc(/C=N\n2c(=S)[nH]c3ccccc3c2=O)o1. The highest BCUT2D eigenvalue weighted by Gasteiger charge is 2.36. The Morgan fingerprint density at radius 2 is 2.13 bits per heavy atom. The molecule has 1 aliphatic rings. The van der Waals surface area contributed by atoms with Gasteiger partial charge in [-0.25, -0.2) is 0 Å². The molecule has 0 aliphatic heterocycles. The summed E-state index contributed by atoms with van der Waals surface area (Å²) in [5.41, 5.74) is 0.458. The number of H-pyrrole nitrogens is 1. The highest BCUT2D eigenvalue weighted by atomic mass is 32.1. The second kappa shape index (κ2) is 5.31. The van der Waals surface area contributed by atoms with Crippen molar-refractivity contribution in [2.45, 2.75) is 19.3 Å². The fourth-order valence-electron chi connectivity index (χ4n) is 2.73. The second-order valence-corrected chi connectivity index (χ2v) is 6.28. The van der Waals surface area contributed by atoms with Crippen LogP contribution in [0.3, 0.4) is 0 Å². The Hall–Kier alpha value is -2.47. The molecule has 1 aromatic carbocycles. The summed E-state index contributed by atoms with van der Waals surface area (Å²) in [5, 5.41) is 4.73. The molecule has 0 bridgehead atoms. The van der Waals surface area contributed by atoms with Crippen molar-refractivity contribution in [3.05, 3.63) is 63.0 Å². The van der Waals surface area contributed by atoms with Crippen LogP contribution in [0, 0.1) is 10.7 Å². The number of nitrogens with zero attached hydrogens (tertiary/aromatic N) is 2. The van der Waals surface area contributed by atoms with Gasteiger partial charge in [0.2, 0.25) is 4.77 Å². The van der Waals surface area contributed by atoms with Crippen LogP contribution in [0.5, 0.6) is 0 Å². The van der Waals surface area contributed by atoms with Crippen molar-refractivity contribution in [1.29, 1.82) is 0 Å². The Labute approximate surface area is 137 Å². The number of furan rings is 1. The van der Waals surface area contributed by atoms with E-state index in [0.29, 0.717) is 28.5 Å². The summed E-state index contributed by atoms with van der Waals surface area (Å²) >= 11 is 5.22. The van der Waals surface area contributed by atoms with Crippen LogP contribution in [0.25, 0.3) is 10.9 Å². The molecule has 2 aromatic heterocycles. The minimum absolute atomic E-state index is 0.247. The Kier molecular flexibility index (Phi) is 3.27. The average Bonchev–Trinajstić information content (AvgIpc) is 3.08. The minimum Gasteiger partial charge on any atom is -0.460 e. The number of rotatable bonds is 3. The molecule has 23 heavy (non-hydrogen) atoms. The van der Waals surface area contributed by atoms with Crippen LogP contribution in [0.4, 0.5) is 0 Å². The van der Waals surface area contributed by atoms with E-state index in [2.05, 4.69) is 17.0 Å². The predicted octanol–water partition coefficient (Wildman–Crippen LogP) is 3.66. The van der Waals surface area contributed by atoms with Gasteiger partial charge in [0.15, 0.2) is 0 Å². The second-order valence-electron chi connectivity index (χ2n) is 5.90.